The van der Waals surface area contributed by atoms with Crippen molar-refractivity contribution in [3.8, 4) is 6.01 Å². The van der Waals surface area contributed by atoms with Gasteiger partial charge >= 0.3 is 6.01 Å². The van der Waals surface area contributed by atoms with Crippen LogP contribution in [0.25, 0.3) is 0 Å². The van der Waals surface area contributed by atoms with Gasteiger partial charge < -0.3 is 10.1 Å². The molecule has 106 valence electrons. The summed E-state index contributed by atoms with van der Waals surface area (Å²) in [6.07, 6.45) is 3.60. The molecule has 3 atom stereocenters. The molecule has 3 unspecified atom stereocenters. The van der Waals surface area contributed by atoms with Gasteiger partial charge in [0.2, 0.25) is 11.2 Å². The Morgan fingerprint density at radius 3 is 2.74 bits per heavy atom. The zero-order valence-corrected chi connectivity index (χ0v) is 12.4. The van der Waals surface area contributed by atoms with E-state index < -0.39 is 0 Å². The lowest BCUT2D eigenvalue weighted by Crippen LogP contribution is -2.33. The zero-order valence-electron chi connectivity index (χ0n) is 11.7. The van der Waals surface area contributed by atoms with Crippen molar-refractivity contribution in [2.24, 2.45) is 11.8 Å². The van der Waals surface area contributed by atoms with Crippen molar-refractivity contribution in [1.82, 2.24) is 15.0 Å². The van der Waals surface area contributed by atoms with Crippen LogP contribution in [0.4, 0.5) is 5.95 Å². The molecule has 0 radical (unpaired) electrons. The van der Waals surface area contributed by atoms with E-state index in [2.05, 4.69) is 34.1 Å². The van der Waals surface area contributed by atoms with Gasteiger partial charge in [-0.1, -0.05) is 13.8 Å². The van der Waals surface area contributed by atoms with Gasteiger partial charge in [0.25, 0.3) is 0 Å². The molecule has 2 rings (SSSR count). The summed E-state index contributed by atoms with van der Waals surface area (Å²) in [5, 5.41) is 3.53. The van der Waals surface area contributed by atoms with Crippen LogP contribution >= 0.6 is 11.6 Å². The molecule has 0 amide bonds. The lowest BCUT2D eigenvalue weighted by molar-refractivity contribution is 0.275. The summed E-state index contributed by atoms with van der Waals surface area (Å²) in [5.74, 6) is 1.92. The van der Waals surface area contributed by atoms with Crippen molar-refractivity contribution in [1.29, 1.82) is 0 Å². The molecule has 0 aliphatic heterocycles. The fourth-order valence-electron chi connectivity index (χ4n) is 2.64. The number of anilines is 1. The van der Waals surface area contributed by atoms with Crippen LogP contribution in [0.3, 0.4) is 0 Å². The minimum atomic E-state index is 0.165. The van der Waals surface area contributed by atoms with E-state index in [-0.39, 0.29) is 11.3 Å². The Morgan fingerprint density at radius 2 is 2.05 bits per heavy atom. The van der Waals surface area contributed by atoms with Crippen LogP contribution in [0.2, 0.25) is 5.28 Å². The molecule has 1 aromatic heterocycles. The van der Waals surface area contributed by atoms with E-state index in [1.807, 2.05) is 6.92 Å². The lowest BCUT2D eigenvalue weighted by atomic mass is 9.80. The summed E-state index contributed by atoms with van der Waals surface area (Å²) in [5.41, 5.74) is 0. The Morgan fingerprint density at radius 1 is 1.26 bits per heavy atom. The predicted molar refractivity (Wildman–Crippen MR) is 75.6 cm³/mol. The van der Waals surface area contributed by atoms with Crippen LogP contribution in [0.15, 0.2) is 0 Å². The molecule has 1 fully saturated rings. The van der Waals surface area contributed by atoms with Gasteiger partial charge in [-0.25, -0.2) is 0 Å². The Hall–Kier alpha value is -1.10. The maximum Gasteiger partial charge on any atom is 0.322 e. The first-order valence-corrected chi connectivity index (χ1v) is 7.27. The fourth-order valence-corrected chi connectivity index (χ4v) is 2.79. The average Bonchev–Trinajstić information content (AvgIpc) is 2.32. The largest absolute Gasteiger partial charge is 0.464 e. The molecule has 19 heavy (non-hydrogen) atoms. The average molecular weight is 285 g/mol. The number of hydrogen-bond donors (Lipinski definition) is 1. The van der Waals surface area contributed by atoms with Gasteiger partial charge in [-0.3, -0.25) is 0 Å². The third kappa shape index (κ3) is 3.93. The van der Waals surface area contributed by atoms with Gasteiger partial charge in [-0.15, -0.1) is 0 Å². The van der Waals surface area contributed by atoms with E-state index in [9.17, 15) is 0 Å². The molecule has 1 heterocycles. The summed E-state index contributed by atoms with van der Waals surface area (Å²) in [4.78, 5) is 12.3. The van der Waals surface area contributed by atoms with Crippen LogP contribution in [-0.2, 0) is 0 Å². The van der Waals surface area contributed by atoms with Gasteiger partial charge in [0.05, 0.1) is 6.61 Å². The smallest absolute Gasteiger partial charge is 0.322 e. The highest BCUT2D eigenvalue weighted by Gasteiger charge is 2.26. The molecule has 5 nitrogen and oxygen atoms in total. The molecule has 0 saturated heterocycles. The van der Waals surface area contributed by atoms with Crippen molar-refractivity contribution in [2.75, 3.05) is 11.9 Å². The first-order valence-electron chi connectivity index (χ1n) is 6.89. The van der Waals surface area contributed by atoms with Crippen LogP contribution in [0, 0.1) is 11.8 Å². The van der Waals surface area contributed by atoms with E-state index in [0.29, 0.717) is 24.5 Å². The quantitative estimate of drug-likeness (QED) is 0.920. The highest BCUT2D eigenvalue weighted by Crippen LogP contribution is 2.30. The molecule has 1 N–H and O–H groups in total. The number of hydrogen-bond acceptors (Lipinski definition) is 5. The summed E-state index contributed by atoms with van der Waals surface area (Å²) < 4.78 is 5.27. The number of nitrogens with zero attached hydrogens (tertiary/aromatic N) is 3. The number of ether oxygens (including phenoxy) is 1. The van der Waals surface area contributed by atoms with Gasteiger partial charge in [-0.2, -0.15) is 15.0 Å². The SMILES string of the molecule is CCOc1nc(Cl)nc(NC2CCC(C)CC2C)n1. The topological polar surface area (TPSA) is 59.9 Å². The highest BCUT2D eigenvalue weighted by molar-refractivity contribution is 6.28. The number of halogens is 1. The number of aromatic nitrogens is 3. The molecule has 0 spiro atoms. The Bertz CT molecular complexity index is 429. The van der Waals surface area contributed by atoms with E-state index in [1.165, 1.54) is 12.8 Å². The standard InChI is InChI=1S/C13H21ClN4O/c1-4-19-13-17-11(14)16-12(18-13)15-10-6-5-8(2)7-9(10)3/h8-10H,4-7H2,1-3H3,(H,15,16,17,18). The van der Waals surface area contributed by atoms with Crippen molar-refractivity contribution in [2.45, 2.75) is 46.1 Å². The normalized spacial score (nSPS) is 27.1. The molecule has 1 saturated carbocycles. The van der Waals surface area contributed by atoms with Crippen molar-refractivity contribution in [3.63, 3.8) is 0 Å². The van der Waals surface area contributed by atoms with Gasteiger partial charge in [0, 0.05) is 6.04 Å². The third-order valence-corrected chi connectivity index (χ3v) is 3.78. The third-order valence-electron chi connectivity index (χ3n) is 3.61. The molecule has 0 aromatic carbocycles. The summed E-state index contributed by atoms with van der Waals surface area (Å²) in [6, 6.07) is 0.672. The molecule has 6 heteroatoms. The molecular formula is C13H21ClN4O. The van der Waals surface area contributed by atoms with Gasteiger partial charge in [0.1, 0.15) is 0 Å². The zero-order chi connectivity index (χ0) is 13.8. The van der Waals surface area contributed by atoms with E-state index in [4.69, 9.17) is 16.3 Å². The van der Waals surface area contributed by atoms with Crippen LogP contribution < -0.4 is 10.1 Å². The summed E-state index contributed by atoms with van der Waals surface area (Å²) in [6.45, 7) is 6.96. The minimum absolute atomic E-state index is 0.165. The van der Waals surface area contributed by atoms with Gasteiger partial charge in [-0.05, 0) is 49.6 Å². The Labute approximate surface area is 119 Å². The number of nitrogens with one attached hydrogen (secondary N) is 1. The Kier molecular flexibility index (Phi) is 4.80. The molecule has 0 bridgehead atoms. The second-order valence-electron chi connectivity index (χ2n) is 5.29. The fraction of sp³-hybridized carbons (Fsp3) is 0.769. The predicted octanol–water partition coefficient (Wildman–Crippen LogP) is 3.16. The second kappa shape index (κ2) is 6.37. The minimum Gasteiger partial charge on any atom is -0.464 e. The Balaban J connectivity index is 2.05. The molecule has 1 aromatic rings. The number of rotatable bonds is 4. The first-order chi connectivity index (χ1) is 9.08. The summed E-state index contributed by atoms with van der Waals surface area (Å²) in [7, 11) is 0. The van der Waals surface area contributed by atoms with Crippen LogP contribution in [0.5, 0.6) is 6.01 Å². The van der Waals surface area contributed by atoms with E-state index >= 15 is 0 Å². The van der Waals surface area contributed by atoms with E-state index in [0.717, 1.165) is 12.3 Å². The van der Waals surface area contributed by atoms with Crippen LogP contribution in [-0.4, -0.2) is 27.6 Å². The van der Waals surface area contributed by atoms with Crippen molar-refractivity contribution >= 4 is 17.5 Å². The maximum absolute atomic E-state index is 5.88. The monoisotopic (exact) mass is 284 g/mol. The van der Waals surface area contributed by atoms with E-state index in [1.54, 1.807) is 0 Å². The summed E-state index contributed by atoms with van der Waals surface area (Å²) >= 11 is 5.88. The molecule has 1 aliphatic carbocycles. The van der Waals surface area contributed by atoms with Crippen molar-refractivity contribution < 1.29 is 4.74 Å². The second-order valence-corrected chi connectivity index (χ2v) is 5.63. The van der Waals surface area contributed by atoms with Crippen molar-refractivity contribution in [3.05, 3.63) is 5.28 Å². The van der Waals surface area contributed by atoms with Gasteiger partial charge in [0.15, 0.2) is 0 Å². The highest BCUT2D eigenvalue weighted by atomic mass is 35.5. The molecule has 1 aliphatic rings. The first kappa shape index (κ1) is 14.3. The maximum atomic E-state index is 5.88. The van der Waals surface area contributed by atoms with Crippen LogP contribution in [0.1, 0.15) is 40.0 Å². The molecular weight excluding hydrogens is 264 g/mol. The lowest BCUT2D eigenvalue weighted by Gasteiger charge is -2.33.